The third-order valence-corrected chi connectivity index (χ3v) is 16.6. The lowest BCUT2D eigenvalue weighted by atomic mass is 9.95. The summed E-state index contributed by atoms with van der Waals surface area (Å²) in [5, 5.41) is 5.77. The second-order valence-corrected chi connectivity index (χ2v) is 25.0. The molecule has 1 fully saturated rings. The first kappa shape index (κ1) is 73.8. The van der Waals surface area contributed by atoms with Gasteiger partial charge in [-0.25, -0.2) is 0 Å². The molecule has 2 N–H and O–H groups in total. The van der Waals surface area contributed by atoms with Gasteiger partial charge in [0.15, 0.2) is 6.10 Å². The van der Waals surface area contributed by atoms with Crippen LogP contribution in [0.1, 0.15) is 134 Å². The number of rotatable bonds is 20. The molecule has 476 valence electrons. The topological polar surface area (TPSA) is 239 Å². The zero-order valence-corrected chi connectivity index (χ0v) is 55.1. The van der Waals surface area contributed by atoms with Crippen LogP contribution in [0.2, 0.25) is 0 Å². The van der Waals surface area contributed by atoms with Gasteiger partial charge in [0.1, 0.15) is 60.1 Å². The van der Waals surface area contributed by atoms with Crippen molar-refractivity contribution in [2.75, 3.05) is 77.1 Å². The number of ether oxygens (including phenoxy) is 2. The third kappa shape index (κ3) is 19.6. The Kier molecular flexibility index (Phi) is 29.3. The number of nitrogens with zero attached hydrogens (tertiary/aromatic N) is 8. The minimum Gasteiger partial charge on any atom is -0.497 e. The number of amides is 9. The monoisotopic (exact) mass is 1180 g/mol. The largest absolute Gasteiger partial charge is 0.497 e. The van der Waals surface area contributed by atoms with Gasteiger partial charge in [0.25, 0.3) is 5.91 Å². The molecule has 0 spiro atoms. The van der Waals surface area contributed by atoms with Crippen molar-refractivity contribution in [1.29, 1.82) is 0 Å². The summed E-state index contributed by atoms with van der Waals surface area (Å²) in [6.45, 7) is 23.3. The fourth-order valence-corrected chi connectivity index (χ4v) is 10.8. The van der Waals surface area contributed by atoms with E-state index in [4.69, 9.17) is 9.47 Å². The van der Waals surface area contributed by atoms with Gasteiger partial charge < -0.3 is 54.4 Å². The Bertz CT molecular complexity index is 2390. The van der Waals surface area contributed by atoms with E-state index in [1.165, 1.54) is 97.4 Å². The number of benzene rings is 1. The molecule has 1 aliphatic rings. The maximum absolute atomic E-state index is 15.2. The van der Waals surface area contributed by atoms with E-state index in [1.807, 2.05) is 48.5 Å². The maximum Gasteiger partial charge on any atom is 0.324 e. The smallest absolute Gasteiger partial charge is 0.324 e. The molecule has 0 aromatic heterocycles. The van der Waals surface area contributed by atoms with Crippen LogP contribution in [-0.2, 0) is 59.1 Å². The molecule has 0 unspecified atom stereocenters. The minimum atomic E-state index is -1.21. The van der Waals surface area contributed by atoms with Crippen LogP contribution in [0.3, 0.4) is 0 Å². The van der Waals surface area contributed by atoms with E-state index in [0.29, 0.717) is 18.6 Å². The Morgan fingerprint density at radius 1 is 0.667 bits per heavy atom. The van der Waals surface area contributed by atoms with Gasteiger partial charge in [0.2, 0.25) is 47.3 Å². The summed E-state index contributed by atoms with van der Waals surface area (Å²) < 4.78 is 11.2. The average Bonchev–Trinajstić information content (AvgIpc) is 3.65. The average molecular weight is 1180 g/mol. The van der Waals surface area contributed by atoms with Crippen molar-refractivity contribution in [3.63, 3.8) is 0 Å². The van der Waals surface area contributed by atoms with Crippen molar-refractivity contribution < 1.29 is 57.4 Å². The first-order chi connectivity index (χ1) is 39.0. The van der Waals surface area contributed by atoms with Crippen molar-refractivity contribution in [2.45, 2.75) is 195 Å². The number of carbonyl (C=O) groups excluding carboxylic acids is 10. The molecule has 22 nitrogen and oxygen atoms in total. The van der Waals surface area contributed by atoms with E-state index >= 15 is 9.59 Å². The van der Waals surface area contributed by atoms with E-state index in [2.05, 4.69) is 10.6 Å². The van der Waals surface area contributed by atoms with Crippen molar-refractivity contribution in [3.8, 4) is 5.75 Å². The SMILES string of the molecule is CC[C@H](C)[C@H]1C(=O)N[C@H](C)C(=O)N(C)[C@@H](CC(C)C)C(=O)N[C@@H](Cc2ccc(OC)cc2)C(=O)N(C)CCCC[C@H](N(C)C(=O)[C@H](CC(C)C)N(C)C(=O)[C@H](C)N(C)C(=O)[C@H](OC(=O)[C@H](C(C)C)N(C)C)C(C)C)C(=O)N(C)[C@@H](C)C(=O)N1C. The van der Waals surface area contributed by atoms with Gasteiger partial charge in [-0.3, -0.25) is 52.8 Å². The molecule has 0 aliphatic carbocycles. The van der Waals surface area contributed by atoms with Gasteiger partial charge in [-0.2, -0.15) is 0 Å². The molecule has 1 aliphatic heterocycles. The molecule has 2 rings (SSSR count). The normalized spacial score (nSPS) is 22.5. The molecule has 9 amide bonds. The Hall–Kier alpha value is -6.32. The zero-order chi connectivity index (χ0) is 64.5. The van der Waals surface area contributed by atoms with Crippen LogP contribution in [0.5, 0.6) is 5.75 Å². The van der Waals surface area contributed by atoms with Crippen LogP contribution >= 0.6 is 0 Å². The van der Waals surface area contributed by atoms with Crippen LogP contribution in [0.4, 0.5) is 0 Å². The van der Waals surface area contributed by atoms with E-state index in [1.54, 1.807) is 78.2 Å². The molecule has 1 heterocycles. The Morgan fingerprint density at radius 3 is 1.75 bits per heavy atom. The second-order valence-electron chi connectivity index (χ2n) is 25.0. The number of hydrogen-bond acceptors (Lipinski definition) is 13. The first-order valence-corrected chi connectivity index (χ1v) is 29.9. The molecule has 11 atom stereocenters. The van der Waals surface area contributed by atoms with Crippen LogP contribution < -0.4 is 15.4 Å². The van der Waals surface area contributed by atoms with E-state index in [-0.39, 0.29) is 56.4 Å². The summed E-state index contributed by atoms with van der Waals surface area (Å²) in [4.78, 5) is 156. The van der Waals surface area contributed by atoms with Gasteiger partial charge in [-0.15, -0.1) is 0 Å². The molecule has 0 saturated carbocycles. The second kappa shape index (κ2) is 33.4. The molecular formula is C62H106N10O12. The van der Waals surface area contributed by atoms with Crippen molar-refractivity contribution in [2.24, 2.45) is 29.6 Å². The van der Waals surface area contributed by atoms with Crippen molar-refractivity contribution >= 4 is 59.1 Å². The lowest BCUT2D eigenvalue weighted by molar-refractivity contribution is -0.169. The molecule has 0 radical (unpaired) electrons. The number of hydrogen-bond donors (Lipinski definition) is 2. The highest BCUT2D eigenvalue weighted by molar-refractivity contribution is 5.98. The molecular weight excluding hydrogens is 1080 g/mol. The zero-order valence-electron chi connectivity index (χ0n) is 55.1. The standard InChI is InChI=1S/C62H106N10O12/c1-24-40(10)51-54(74)63-41(11)55(75)70(20)48(33-36(2)3)53(73)64-46(35-44-28-30-45(83-23)31-29-44)58(78)66(16)32-26-25-27-47(59(79)67(17)43(13)57(77)72(51)22)69(19)60(80)49(34-37(4)5)71(21)56(76)42(12)68(18)61(81)52(39(8)9)84-62(82)50(38(6)7)65(14)15/h28-31,36-43,46-52H,24-27,32-35H2,1-23H3,(H,63,74)(H,64,73)/t40-,41+,42-,43-,46-,47-,48-,49-,50-,51-,52+/m0/s1. The number of likely N-dealkylation sites (N-methyl/N-ethyl adjacent to an activating group) is 8. The van der Waals surface area contributed by atoms with Crippen LogP contribution in [0.25, 0.3) is 0 Å². The van der Waals surface area contributed by atoms with Gasteiger partial charge in [-0.1, -0.05) is 87.8 Å². The van der Waals surface area contributed by atoms with E-state index in [9.17, 15) is 38.4 Å². The lowest BCUT2D eigenvalue weighted by Gasteiger charge is -2.40. The molecule has 1 aromatic rings. The molecule has 22 heteroatoms. The third-order valence-electron chi connectivity index (χ3n) is 16.6. The number of nitrogens with one attached hydrogen (secondary N) is 2. The van der Waals surface area contributed by atoms with Crippen LogP contribution in [0.15, 0.2) is 24.3 Å². The predicted molar refractivity (Wildman–Crippen MR) is 324 cm³/mol. The molecule has 84 heavy (non-hydrogen) atoms. The van der Waals surface area contributed by atoms with Crippen molar-refractivity contribution in [1.82, 2.24) is 49.8 Å². The van der Waals surface area contributed by atoms with E-state index in [0.717, 1.165) is 5.56 Å². The summed E-state index contributed by atoms with van der Waals surface area (Å²) in [6, 6.07) is -2.54. The first-order valence-electron chi connectivity index (χ1n) is 29.9. The summed E-state index contributed by atoms with van der Waals surface area (Å²) >= 11 is 0. The highest BCUT2D eigenvalue weighted by atomic mass is 16.6. The molecule has 0 bridgehead atoms. The number of carbonyl (C=O) groups is 10. The summed E-state index contributed by atoms with van der Waals surface area (Å²) in [5.74, 6) is -6.28. The highest BCUT2D eigenvalue weighted by Crippen LogP contribution is 2.25. The fraction of sp³-hybridized carbons (Fsp3) is 0.742. The summed E-state index contributed by atoms with van der Waals surface area (Å²) in [5.41, 5.74) is 0.730. The Morgan fingerprint density at radius 2 is 1.25 bits per heavy atom. The fourth-order valence-electron chi connectivity index (χ4n) is 10.8. The van der Waals surface area contributed by atoms with Crippen molar-refractivity contribution in [3.05, 3.63) is 29.8 Å². The van der Waals surface area contributed by atoms with Gasteiger partial charge in [-0.05, 0) is 114 Å². The van der Waals surface area contributed by atoms with Crippen LogP contribution in [0, 0.1) is 29.6 Å². The van der Waals surface area contributed by atoms with E-state index < -0.39 is 131 Å². The summed E-state index contributed by atoms with van der Waals surface area (Å²) in [7, 11) is 15.5. The van der Waals surface area contributed by atoms with Crippen LogP contribution in [-0.4, -0.2) is 236 Å². The highest BCUT2D eigenvalue weighted by Gasteiger charge is 2.43. The van der Waals surface area contributed by atoms with Gasteiger partial charge in [0, 0.05) is 62.3 Å². The lowest BCUT2D eigenvalue weighted by Crippen LogP contribution is -2.61. The maximum atomic E-state index is 15.2. The number of esters is 1. The van der Waals surface area contributed by atoms with Gasteiger partial charge in [0.05, 0.1) is 7.11 Å². The van der Waals surface area contributed by atoms with Gasteiger partial charge >= 0.3 is 5.97 Å². The predicted octanol–water partition coefficient (Wildman–Crippen LogP) is 4.16. The summed E-state index contributed by atoms with van der Waals surface area (Å²) in [6.07, 6.45) is 0.429. The Labute approximate surface area is 502 Å². The molecule has 1 saturated heterocycles. The molecule has 1 aromatic carbocycles. The minimum absolute atomic E-state index is 0.0593. The Balaban J connectivity index is 2.77. The quantitative estimate of drug-likeness (QED) is 0.175. The number of methoxy groups -OCH3 is 1.